The molecule has 0 atom stereocenters. The van der Waals surface area contributed by atoms with Crippen molar-refractivity contribution in [3.05, 3.63) is 93.7 Å². The summed E-state index contributed by atoms with van der Waals surface area (Å²) in [5.74, 6) is 1.21. The van der Waals surface area contributed by atoms with Crippen molar-refractivity contribution < 1.29 is 9.21 Å². The van der Waals surface area contributed by atoms with Gasteiger partial charge in [0.25, 0.3) is 5.91 Å². The van der Waals surface area contributed by atoms with Crippen molar-refractivity contribution in [2.24, 2.45) is 0 Å². The SMILES string of the molecule is Cc1ccc(-c2cc(C(=O)N3CCC(n4c(=O)[nH]c5ccccc54)CC3)n(-c3ccccc3Cl)n2)o1. The van der Waals surface area contributed by atoms with Crippen LogP contribution in [-0.4, -0.2) is 43.2 Å². The number of nitrogens with one attached hydrogen (secondary N) is 1. The summed E-state index contributed by atoms with van der Waals surface area (Å²) < 4.78 is 9.18. The Morgan fingerprint density at radius 1 is 1.06 bits per heavy atom. The zero-order valence-corrected chi connectivity index (χ0v) is 20.4. The maximum atomic E-state index is 13.7. The van der Waals surface area contributed by atoms with Gasteiger partial charge in [-0.3, -0.25) is 9.36 Å². The second kappa shape index (κ2) is 8.87. The molecular weight excluding hydrogens is 478 g/mol. The largest absolute Gasteiger partial charge is 0.460 e. The van der Waals surface area contributed by atoms with E-state index in [1.807, 2.05) is 71.0 Å². The number of nitrogens with zero attached hydrogens (tertiary/aromatic N) is 4. The maximum absolute atomic E-state index is 13.7. The van der Waals surface area contributed by atoms with Crippen molar-refractivity contribution in [1.29, 1.82) is 0 Å². The number of furan rings is 1. The quantitative estimate of drug-likeness (QED) is 0.366. The molecule has 0 aliphatic carbocycles. The van der Waals surface area contributed by atoms with Crippen LogP contribution in [-0.2, 0) is 0 Å². The molecule has 0 radical (unpaired) electrons. The number of carbonyl (C=O) groups is 1. The summed E-state index contributed by atoms with van der Waals surface area (Å²) >= 11 is 6.47. The Balaban J connectivity index is 1.30. The van der Waals surface area contributed by atoms with Crippen molar-refractivity contribution in [2.45, 2.75) is 25.8 Å². The standard InChI is InChI=1S/C27H24ClN5O3/c1-17-10-11-25(36-17)21-16-24(33(30-21)22-8-4-2-6-19(22)28)26(34)31-14-12-18(13-15-31)32-23-9-5-3-7-20(23)29-27(32)35/h2-11,16,18H,12-15H2,1H3,(H,29,35). The smallest absolute Gasteiger partial charge is 0.326 e. The van der Waals surface area contributed by atoms with Crippen molar-refractivity contribution >= 4 is 28.5 Å². The molecule has 0 saturated carbocycles. The number of aryl methyl sites for hydroxylation is 1. The minimum Gasteiger partial charge on any atom is -0.460 e. The number of H-pyrrole nitrogens is 1. The number of rotatable bonds is 4. The molecule has 36 heavy (non-hydrogen) atoms. The van der Waals surface area contributed by atoms with Gasteiger partial charge < -0.3 is 14.3 Å². The van der Waals surface area contributed by atoms with Gasteiger partial charge in [-0.05, 0) is 56.2 Å². The summed E-state index contributed by atoms with van der Waals surface area (Å²) in [7, 11) is 0. The van der Waals surface area contributed by atoms with Crippen LogP contribution in [0.25, 0.3) is 28.2 Å². The summed E-state index contributed by atoms with van der Waals surface area (Å²) in [5.41, 5.74) is 3.20. The van der Waals surface area contributed by atoms with E-state index >= 15 is 0 Å². The first kappa shape index (κ1) is 22.4. The molecule has 1 fully saturated rings. The lowest BCUT2D eigenvalue weighted by atomic mass is 10.0. The number of fused-ring (bicyclic) bond motifs is 1. The lowest BCUT2D eigenvalue weighted by Gasteiger charge is -2.32. The van der Waals surface area contributed by atoms with E-state index in [-0.39, 0.29) is 17.6 Å². The molecule has 0 bridgehead atoms. The van der Waals surface area contributed by atoms with Crippen molar-refractivity contribution in [3.8, 4) is 17.1 Å². The number of hydrogen-bond donors (Lipinski definition) is 1. The first-order valence-electron chi connectivity index (χ1n) is 11.9. The van der Waals surface area contributed by atoms with Gasteiger partial charge in [0.05, 0.1) is 21.7 Å². The number of likely N-dealkylation sites (tertiary alicyclic amines) is 1. The molecule has 3 aromatic heterocycles. The topological polar surface area (TPSA) is 89.1 Å². The minimum atomic E-state index is -0.137. The van der Waals surface area contributed by atoms with Gasteiger partial charge in [0.2, 0.25) is 0 Å². The zero-order chi connectivity index (χ0) is 24.8. The van der Waals surface area contributed by atoms with Gasteiger partial charge in [0.1, 0.15) is 17.1 Å². The van der Waals surface area contributed by atoms with Crippen LogP contribution in [0.1, 0.15) is 35.1 Å². The maximum Gasteiger partial charge on any atom is 0.326 e. The molecule has 2 aromatic carbocycles. The fraction of sp³-hybridized carbons (Fsp3) is 0.222. The molecule has 1 saturated heterocycles. The predicted molar refractivity (Wildman–Crippen MR) is 138 cm³/mol. The zero-order valence-electron chi connectivity index (χ0n) is 19.6. The van der Waals surface area contributed by atoms with Gasteiger partial charge in [-0.2, -0.15) is 5.10 Å². The Morgan fingerprint density at radius 3 is 2.56 bits per heavy atom. The molecule has 1 aliphatic rings. The number of carbonyl (C=O) groups excluding carboxylic acids is 1. The Labute approximate surface area is 211 Å². The number of hydrogen-bond acceptors (Lipinski definition) is 4. The first-order valence-corrected chi connectivity index (χ1v) is 12.3. The third kappa shape index (κ3) is 3.83. The molecule has 1 amide bonds. The van der Waals surface area contributed by atoms with Crippen LogP contribution in [0.2, 0.25) is 5.02 Å². The number of amides is 1. The molecule has 1 N–H and O–H groups in total. The number of benzene rings is 2. The summed E-state index contributed by atoms with van der Waals surface area (Å²) in [6, 6.07) is 20.5. The molecule has 6 rings (SSSR count). The van der Waals surface area contributed by atoms with Gasteiger partial charge >= 0.3 is 5.69 Å². The summed E-state index contributed by atoms with van der Waals surface area (Å²) in [4.78, 5) is 31.1. The normalized spacial score (nSPS) is 14.6. The molecule has 0 unspecified atom stereocenters. The molecular formula is C27H24ClN5O3. The Bertz CT molecular complexity index is 1630. The van der Waals surface area contributed by atoms with Gasteiger partial charge in [0.15, 0.2) is 5.76 Å². The second-order valence-corrected chi connectivity index (χ2v) is 9.44. The predicted octanol–water partition coefficient (Wildman–Crippen LogP) is 5.21. The van der Waals surface area contributed by atoms with Crippen LogP contribution in [0.5, 0.6) is 0 Å². The second-order valence-electron chi connectivity index (χ2n) is 9.03. The van der Waals surface area contributed by atoms with Crippen LogP contribution in [0.15, 0.2) is 75.9 Å². The lowest BCUT2D eigenvalue weighted by Crippen LogP contribution is -2.41. The summed E-state index contributed by atoms with van der Waals surface area (Å²) in [6.45, 7) is 2.92. The first-order chi connectivity index (χ1) is 17.5. The lowest BCUT2D eigenvalue weighted by molar-refractivity contribution is 0.0686. The van der Waals surface area contributed by atoms with E-state index in [1.165, 1.54) is 0 Å². The van der Waals surface area contributed by atoms with Gasteiger partial charge in [-0.25, -0.2) is 9.48 Å². The Kier molecular flexibility index (Phi) is 5.53. The number of aromatic nitrogens is 4. The number of halogens is 1. The molecule has 8 nitrogen and oxygen atoms in total. The van der Waals surface area contributed by atoms with Crippen molar-refractivity contribution in [3.63, 3.8) is 0 Å². The third-order valence-corrected chi connectivity index (χ3v) is 7.06. The van der Waals surface area contributed by atoms with Gasteiger partial charge in [-0.15, -0.1) is 0 Å². The Morgan fingerprint density at radius 2 is 1.81 bits per heavy atom. The highest BCUT2D eigenvalue weighted by Crippen LogP contribution is 2.30. The van der Waals surface area contributed by atoms with E-state index in [0.29, 0.717) is 53.8 Å². The van der Waals surface area contributed by atoms with E-state index in [4.69, 9.17) is 16.0 Å². The highest BCUT2D eigenvalue weighted by molar-refractivity contribution is 6.32. The van der Waals surface area contributed by atoms with Crippen LogP contribution >= 0.6 is 11.6 Å². The highest BCUT2D eigenvalue weighted by Gasteiger charge is 2.29. The van der Waals surface area contributed by atoms with Gasteiger partial charge in [0, 0.05) is 25.2 Å². The van der Waals surface area contributed by atoms with Crippen LogP contribution in [0.3, 0.4) is 0 Å². The van der Waals surface area contributed by atoms with Crippen LogP contribution in [0, 0.1) is 6.92 Å². The van der Waals surface area contributed by atoms with Crippen molar-refractivity contribution in [1.82, 2.24) is 24.2 Å². The van der Waals surface area contributed by atoms with E-state index in [1.54, 1.807) is 16.8 Å². The van der Waals surface area contributed by atoms with Crippen molar-refractivity contribution in [2.75, 3.05) is 13.1 Å². The van der Waals surface area contributed by atoms with E-state index < -0.39 is 0 Å². The molecule has 0 spiro atoms. The summed E-state index contributed by atoms with van der Waals surface area (Å²) in [5, 5.41) is 5.18. The highest BCUT2D eigenvalue weighted by atomic mass is 35.5. The van der Waals surface area contributed by atoms with E-state index in [0.717, 1.165) is 16.8 Å². The third-order valence-electron chi connectivity index (χ3n) is 6.74. The Hall–Kier alpha value is -4.04. The van der Waals surface area contributed by atoms with Crippen LogP contribution < -0.4 is 5.69 Å². The number of para-hydroxylation sites is 3. The molecule has 4 heterocycles. The average molecular weight is 502 g/mol. The summed E-state index contributed by atoms with van der Waals surface area (Å²) in [6.07, 6.45) is 1.36. The van der Waals surface area contributed by atoms with E-state index in [9.17, 15) is 9.59 Å². The van der Waals surface area contributed by atoms with Crippen LogP contribution in [0.4, 0.5) is 0 Å². The monoisotopic (exact) mass is 501 g/mol. The number of aromatic amines is 1. The molecule has 182 valence electrons. The molecule has 9 heteroatoms. The molecule has 1 aliphatic heterocycles. The van der Waals surface area contributed by atoms with E-state index in [2.05, 4.69) is 10.1 Å². The number of imidazole rings is 1. The van der Waals surface area contributed by atoms with Gasteiger partial charge in [-0.1, -0.05) is 35.9 Å². The number of piperidine rings is 1. The fourth-order valence-corrected chi connectivity index (χ4v) is 5.17. The minimum absolute atomic E-state index is 0.0211. The molecule has 5 aromatic rings. The fourth-order valence-electron chi connectivity index (χ4n) is 4.96. The average Bonchev–Trinajstić information content (AvgIpc) is 3.60.